The third kappa shape index (κ3) is 10.6. The number of amides is 2. The molecule has 1 aliphatic rings. The molecular formula is C37H69N3O6. The van der Waals surface area contributed by atoms with Gasteiger partial charge in [-0.2, -0.15) is 0 Å². The largest absolute Gasteiger partial charge is 0.379 e. The van der Waals surface area contributed by atoms with Crippen LogP contribution in [0.25, 0.3) is 0 Å². The zero-order valence-electron chi connectivity index (χ0n) is 32.2. The normalized spacial score (nSPS) is 20.7. The number of hydrogen-bond donors (Lipinski definition) is 0. The predicted molar refractivity (Wildman–Crippen MR) is 186 cm³/mol. The first-order valence-electron chi connectivity index (χ1n) is 17.5. The first-order chi connectivity index (χ1) is 21.1. The minimum Gasteiger partial charge on any atom is -0.379 e. The molecule has 0 radical (unpaired) electrons. The highest BCUT2D eigenvalue weighted by atomic mass is 16.5. The number of carbonyl (C=O) groups excluding carboxylic acids is 4. The Morgan fingerprint density at radius 1 is 0.891 bits per heavy atom. The molecular weight excluding hydrogens is 582 g/mol. The van der Waals surface area contributed by atoms with Crippen LogP contribution in [-0.2, 0) is 28.7 Å². The lowest BCUT2D eigenvalue weighted by Crippen LogP contribution is -2.54. The van der Waals surface area contributed by atoms with Crippen LogP contribution in [0.15, 0.2) is 0 Å². The van der Waals surface area contributed by atoms with Crippen molar-refractivity contribution in [1.82, 2.24) is 14.7 Å². The molecule has 9 nitrogen and oxygen atoms in total. The first-order valence-corrected chi connectivity index (χ1v) is 17.5. The third-order valence-electron chi connectivity index (χ3n) is 10.4. The van der Waals surface area contributed by atoms with Crippen molar-refractivity contribution in [2.45, 2.75) is 151 Å². The van der Waals surface area contributed by atoms with Gasteiger partial charge in [0.2, 0.25) is 11.8 Å². The smallest absolute Gasteiger partial charge is 0.225 e. The van der Waals surface area contributed by atoms with E-state index in [2.05, 4.69) is 39.5 Å². The van der Waals surface area contributed by atoms with Crippen LogP contribution in [-0.4, -0.2) is 109 Å². The topological polar surface area (TPSA) is 96.5 Å². The fourth-order valence-corrected chi connectivity index (χ4v) is 7.30. The van der Waals surface area contributed by atoms with E-state index in [1.165, 1.54) is 0 Å². The van der Waals surface area contributed by atoms with Crippen molar-refractivity contribution in [3.8, 4) is 0 Å². The van der Waals surface area contributed by atoms with Crippen molar-refractivity contribution in [3.63, 3.8) is 0 Å². The molecule has 0 aromatic heterocycles. The second-order valence-corrected chi connectivity index (χ2v) is 16.2. The minimum absolute atomic E-state index is 0.0514. The van der Waals surface area contributed by atoms with E-state index in [1.807, 2.05) is 60.4 Å². The van der Waals surface area contributed by atoms with Crippen molar-refractivity contribution in [3.05, 3.63) is 0 Å². The van der Waals surface area contributed by atoms with Crippen LogP contribution in [0.1, 0.15) is 115 Å². The lowest BCUT2D eigenvalue weighted by Gasteiger charge is -2.41. The van der Waals surface area contributed by atoms with Crippen molar-refractivity contribution in [2.24, 2.45) is 29.1 Å². The molecule has 0 bridgehead atoms. The van der Waals surface area contributed by atoms with E-state index >= 15 is 0 Å². The van der Waals surface area contributed by atoms with Gasteiger partial charge in [-0.1, -0.05) is 68.7 Å². The Kier molecular flexibility index (Phi) is 16.1. The van der Waals surface area contributed by atoms with Crippen LogP contribution in [0.3, 0.4) is 0 Å². The SMILES string of the molecule is CC[C@H](C)[C@@H]([C@@H](CC(=O)N1CCC[C@H]1[C@H](OC)[C@@H](C)C(=O)C(C)(C)C)OC)N(C)C(=O)[C@H](C)CC(=O)[C@H](C(C)C)N(C)C(C)(C)C. The summed E-state index contributed by atoms with van der Waals surface area (Å²) < 4.78 is 11.9. The van der Waals surface area contributed by atoms with Gasteiger partial charge in [-0.05, 0) is 52.5 Å². The zero-order chi connectivity index (χ0) is 35.9. The van der Waals surface area contributed by atoms with Crippen LogP contribution in [0.2, 0.25) is 0 Å². The standard InChI is InChI=1S/C37H69N3O6/c1-17-24(4)32(38(13)35(44)25(5)21-28(41)31(23(2)3)39(14)37(10,11)12)29(45-15)22-30(42)40-20-18-19-27(40)33(46-16)26(6)34(43)36(7,8)9/h23-27,29,31-33H,17-22H2,1-16H3/t24-,25+,26+,27-,29+,31-,32-,33+/m0/s1. The Morgan fingerprint density at radius 2 is 1.46 bits per heavy atom. The van der Waals surface area contributed by atoms with Gasteiger partial charge in [0.15, 0.2) is 5.78 Å². The van der Waals surface area contributed by atoms with Gasteiger partial charge in [-0.15, -0.1) is 0 Å². The Bertz CT molecular complexity index is 1020. The summed E-state index contributed by atoms with van der Waals surface area (Å²) in [7, 11) is 6.96. The molecule has 0 aromatic rings. The van der Waals surface area contributed by atoms with Gasteiger partial charge in [-0.3, -0.25) is 24.1 Å². The molecule has 46 heavy (non-hydrogen) atoms. The van der Waals surface area contributed by atoms with E-state index in [4.69, 9.17) is 9.47 Å². The molecule has 1 saturated heterocycles. The second kappa shape index (κ2) is 17.5. The molecule has 268 valence electrons. The number of methoxy groups -OCH3 is 2. The molecule has 1 aliphatic heterocycles. The summed E-state index contributed by atoms with van der Waals surface area (Å²) in [5, 5.41) is 0. The quantitative estimate of drug-likeness (QED) is 0.194. The first kappa shape index (κ1) is 42.2. The summed E-state index contributed by atoms with van der Waals surface area (Å²) in [5.74, 6) is -0.725. The molecule has 0 spiro atoms. The Hall–Kier alpha value is -1.84. The van der Waals surface area contributed by atoms with Crippen LogP contribution in [0.5, 0.6) is 0 Å². The summed E-state index contributed by atoms with van der Waals surface area (Å²) in [6, 6.07) is -0.854. The van der Waals surface area contributed by atoms with Crippen molar-refractivity contribution in [1.29, 1.82) is 0 Å². The monoisotopic (exact) mass is 652 g/mol. The Balaban J connectivity index is 3.21. The zero-order valence-corrected chi connectivity index (χ0v) is 32.2. The van der Waals surface area contributed by atoms with Gasteiger partial charge in [0.25, 0.3) is 0 Å². The van der Waals surface area contributed by atoms with Crippen LogP contribution >= 0.6 is 0 Å². The third-order valence-corrected chi connectivity index (χ3v) is 10.4. The maximum absolute atomic E-state index is 14.0. The lowest BCUT2D eigenvalue weighted by atomic mass is 9.79. The van der Waals surface area contributed by atoms with Gasteiger partial charge < -0.3 is 19.3 Å². The van der Waals surface area contributed by atoms with Crippen LogP contribution < -0.4 is 0 Å². The number of ether oxygens (including phenoxy) is 2. The molecule has 0 N–H and O–H groups in total. The van der Waals surface area contributed by atoms with Crippen LogP contribution in [0.4, 0.5) is 0 Å². The molecule has 0 saturated carbocycles. The van der Waals surface area contributed by atoms with Crippen LogP contribution in [0, 0.1) is 29.1 Å². The summed E-state index contributed by atoms with van der Waals surface area (Å²) in [5.41, 5.74) is -0.697. The predicted octanol–water partition coefficient (Wildman–Crippen LogP) is 5.87. The number of nitrogens with zero attached hydrogens (tertiary/aromatic N) is 3. The fourth-order valence-electron chi connectivity index (χ4n) is 7.30. The Labute approximate surface area is 281 Å². The number of rotatable bonds is 17. The van der Waals surface area contributed by atoms with Crippen molar-refractivity contribution >= 4 is 23.4 Å². The molecule has 0 unspecified atom stereocenters. The molecule has 2 amide bonds. The van der Waals surface area contributed by atoms with Crippen molar-refractivity contribution < 1.29 is 28.7 Å². The number of likely N-dealkylation sites (N-methyl/N-ethyl adjacent to an activating group) is 2. The molecule has 0 aromatic carbocycles. The molecule has 1 fully saturated rings. The number of hydrogen-bond acceptors (Lipinski definition) is 7. The number of ketones is 2. The maximum Gasteiger partial charge on any atom is 0.225 e. The fraction of sp³-hybridized carbons (Fsp3) is 0.892. The second-order valence-electron chi connectivity index (χ2n) is 16.2. The van der Waals surface area contributed by atoms with E-state index in [0.717, 1.165) is 19.3 Å². The van der Waals surface area contributed by atoms with Crippen molar-refractivity contribution in [2.75, 3.05) is 34.9 Å². The van der Waals surface area contributed by atoms with Gasteiger partial charge in [0.05, 0.1) is 36.8 Å². The van der Waals surface area contributed by atoms with E-state index in [1.54, 1.807) is 26.2 Å². The van der Waals surface area contributed by atoms with Gasteiger partial charge in [-0.25, -0.2) is 0 Å². The molecule has 9 heteroatoms. The van der Waals surface area contributed by atoms with Gasteiger partial charge >= 0.3 is 0 Å². The highest BCUT2D eigenvalue weighted by molar-refractivity contribution is 5.90. The molecule has 0 aliphatic carbocycles. The lowest BCUT2D eigenvalue weighted by molar-refractivity contribution is -0.148. The van der Waals surface area contributed by atoms with E-state index < -0.39 is 23.5 Å². The molecule has 1 heterocycles. The Morgan fingerprint density at radius 3 is 1.89 bits per heavy atom. The average molecular weight is 652 g/mol. The molecule has 1 rings (SSSR count). The summed E-state index contributed by atoms with van der Waals surface area (Å²) in [6.45, 7) is 24.6. The van der Waals surface area contributed by atoms with E-state index in [-0.39, 0.29) is 77.6 Å². The van der Waals surface area contributed by atoms with Gasteiger partial charge in [0, 0.05) is 57.0 Å². The number of Topliss-reactive ketones (excluding diaryl/α,β-unsaturated/α-hetero) is 2. The minimum atomic E-state index is -0.536. The van der Waals surface area contributed by atoms with Gasteiger partial charge in [0.1, 0.15) is 5.78 Å². The summed E-state index contributed by atoms with van der Waals surface area (Å²) in [4.78, 5) is 60.3. The summed E-state index contributed by atoms with van der Waals surface area (Å²) in [6.07, 6.45) is 1.71. The molecule has 8 atom stereocenters. The number of likely N-dealkylation sites (tertiary alicyclic amines) is 1. The summed E-state index contributed by atoms with van der Waals surface area (Å²) >= 11 is 0. The average Bonchev–Trinajstić information content (AvgIpc) is 3.44. The van der Waals surface area contributed by atoms with E-state index in [9.17, 15) is 19.2 Å². The van der Waals surface area contributed by atoms with E-state index in [0.29, 0.717) is 6.54 Å². The maximum atomic E-state index is 14.0. The highest BCUT2D eigenvalue weighted by Crippen LogP contribution is 2.32. The number of carbonyl (C=O) groups is 4. The highest BCUT2D eigenvalue weighted by Gasteiger charge is 2.44.